The predicted molar refractivity (Wildman–Crippen MR) is 67.7 cm³/mol. The first-order chi connectivity index (χ1) is 8.72. The van der Waals surface area contributed by atoms with Crippen LogP contribution in [0.25, 0.3) is 0 Å². The fourth-order valence-corrected chi connectivity index (χ4v) is 2.46. The maximum absolute atomic E-state index is 11.9. The molecular weight excluding hydrogens is 252 g/mol. The van der Waals surface area contributed by atoms with Crippen molar-refractivity contribution in [3.63, 3.8) is 0 Å². The monoisotopic (exact) mass is 264 g/mol. The smallest absolute Gasteiger partial charge is 0.267 e. The van der Waals surface area contributed by atoms with Crippen molar-refractivity contribution in [3.05, 3.63) is 40.4 Å². The molecule has 5 nitrogen and oxygen atoms in total. The Balaban J connectivity index is 1.66. The second-order valence-electron chi connectivity index (χ2n) is 4.52. The van der Waals surface area contributed by atoms with E-state index in [1.807, 2.05) is 6.20 Å². The maximum atomic E-state index is 11.9. The van der Waals surface area contributed by atoms with Crippen molar-refractivity contribution in [1.29, 1.82) is 0 Å². The third-order valence-electron chi connectivity index (χ3n) is 3.25. The summed E-state index contributed by atoms with van der Waals surface area (Å²) in [5.41, 5.74) is 2.87. The van der Waals surface area contributed by atoms with Crippen LogP contribution in [0, 0.1) is 0 Å². The highest BCUT2D eigenvalue weighted by Crippen LogP contribution is 2.19. The fraction of sp³-hybridized carbons (Fsp3) is 0.333. The highest BCUT2D eigenvalue weighted by molar-refractivity contribution is 6.30. The van der Waals surface area contributed by atoms with E-state index in [1.165, 1.54) is 5.56 Å². The lowest BCUT2D eigenvalue weighted by Crippen LogP contribution is -2.38. The minimum Gasteiger partial charge on any atom is -0.356 e. The molecule has 0 aromatic carbocycles. The predicted octanol–water partition coefficient (Wildman–Crippen LogP) is 1.68. The molecule has 1 amide bonds. The molecule has 0 fully saturated rings. The topological polar surface area (TPSA) is 73.6 Å². The van der Waals surface area contributed by atoms with Gasteiger partial charge in [-0.05, 0) is 24.5 Å². The van der Waals surface area contributed by atoms with E-state index in [-0.39, 0.29) is 11.9 Å². The Kier molecular flexibility index (Phi) is 2.83. The van der Waals surface area contributed by atoms with Crippen molar-refractivity contribution in [2.45, 2.75) is 25.3 Å². The van der Waals surface area contributed by atoms with E-state index >= 15 is 0 Å². The van der Waals surface area contributed by atoms with Gasteiger partial charge in [0.25, 0.3) is 5.91 Å². The van der Waals surface area contributed by atoms with Crippen LogP contribution < -0.4 is 5.32 Å². The van der Waals surface area contributed by atoms with Crippen LogP contribution in [0.1, 0.15) is 28.2 Å². The molecule has 0 radical (unpaired) electrons. The van der Waals surface area contributed by atoms with E-state index in [9.17, 15) is 4.79 Å². The molecule has 0 saturated heterocycles. The average Bonchev–Trinajstić information content (AvgIpc) is 2.96. The Morgan fingerprint density at radius 3 is 3.22 bits per heavy atom. The number of rotatable bonds is 2. The molecular formula is C12H13ClN4O. The van der Waals surface area contributed by atoms with Gasteiger partial charge in [0.15, 0.2) is 0 Å². The molecule has 18 heavy (non-hydrogen) atoms. The Morgan fingerprint density at radius 2 is 2.44 bits per heavy atom. The summed E-state index contributed by atoms with van der Waals surface area (Å²) in [5, 5.41) is 10.5. The first-order valence-electron chi connectivity index (χ1n) is 5.88. The summed E-state index contributed by atoms with van der Waals surface area (Å²) in [6.45, 7) is 0. The molecule has 0 bridgehead atoms. The van der Waals surface area contributed by atoms with Crippen molar-refractivity contribution >= 4 is 17.5 Å². The summed E-state index contributed by atoms with van der Waals surface area (Å²) in [6, 6.07) is 1.77. The number of H-pyrrole nitrogens is 2. The molecule has 3 N–H and O–H groups in total. The second-order valence-corrected chi connectivity index (χ2v) is 4.95. The quantitative estimate of drug-likeness (QED) is 0.772. The molecule has 1 atom stereocenters. The number of nitrogens with one attached hydrogen (secondary N) is 3. The Morgan fingerprint density at radius 1 is 1.56 bits per heavy atom. The molecule has 3 rings (SSSR count). The van der Waals surface area contributed by atoms with Gasteiger partial charge in [-0.25, -0.2) is 0 Å². The number of aryl methyl sites for hydroxylation is 1. The van der Waals surface area contributed by atoms with E-state index in [0.29, 0.717) is 10.7 Å². The van der Waals surface area contributed by atoms with Crippen molar-refractivity contribution in [3.8, 4) is 0 Å². The van der Waals surface area contributed by atoms with Crippen LogP contribution in [0.4, 0.5) is 0 Å². The lowest BCUT2D eigenvalue weighted by Gasteiger charge is -2.22. The van der Waals surface area contributed by atoms with Gasteiger partial charge in [0.2, 0.25) is 0 Å². The molecule has 0 spiro atoms. The molecule has 0 unspecified atom stereocenters. The fourth-order valence-electron chi connectivity index (χ4n) is 2.29. The molecule has 2 aromatic rings. The van der Waals surface area contributed by atoms with E-state index < -0.39 is 0 Å². The number of carbonyl (C=O) groups is 1. The number of aromatic amines is 2. The van der Waals surface area contributed by atoms with Gasteiger partial charge in [0.1, 0.15) is 5.69 Å². The van der Waals surface area contributed by atoms with Crippen LogP contribution in [0.5, 0.6) is 0 Å². The van der Waals surface area contributed by atoms with Crippen molar-refractivity contribution in [2.75, 3.05) is 0 Å². The first-order valence-corrected chi connectivity index (χ1v) is 6.26. The van der Waals surface area contributed by atoms with Crippen LogP contribution >= 0.6 is 11.6 Å². The van der Waals surface area contributed by atoms with Crippen LogP contribution in [-0.4, -0.2) is 27.1 Å². The van der Waals surface area contributed by atoms with E-state index in [1.54, 1.807) is 12.3 Å². The lowest BCUT2D eigenvalue weighted by molar-refractivity contribution is 0.0929. The van der Waals surface area contributed by atoms with Gasteiger partial charge in [-0.2, -0.15) is 5.10 Å². The number of hydrogen-bond acceptors (Lipinski definition) is 2. The molecule has 6 heteroatoms. The maximum Gasteiger partial charge on any atom is 0.267 e. The van der Waals surface area contributed by atoms with E-state index in [2.05, 4.69) is 20.5 Å². The highest BCUT2D eigenvalue weighted by atomic mass is 35.5. The van der Waals surface area contributed by atoms with E-state index in [4.69, 9.17) is 11.6 Å². The second kappa shape index (κ2) is 4.49. The third kappa shape index (κ3) is 2.13. The van der Waals surface area contributed by atoms with E-state index in [0.717, 1.165) is 25.0 Å². The number of halogens is 1. The minimum atomic E-state index is -0.116. The molecule has 2 aromatic heterocycles. The zero-order valence-electron chi connectivity index (χ0n) is 9.66. The molecule has 0 aliphatic heterocycles. The summed E-state index contributed by atoms with van der Waals surface area (Å²) in [7, 11) is 0. The number of amides is 1. The summed E-state index contributed by atoms with van der Waals surface area (Å²) in [5.74, 6) is -0.116. The van der Waals surface area contributed by atoms with Crippen molar-refractivity contribution < 1.29 is 4.79 Å². The summed E-state index contributed by atoms with van der Waals surface area (Å²) in [4.78, 5) is 14.8. The molecule has 94 valence electrons. The third-order valence-corrected chi connectivity index (χ3v) is 3.47. The zero-order valence-corrected chi connectivity index (χ0v) is 10.4. The van der Waals surface area contributed by atoms with Crippen LogP contribution in [0.15, 0.2) is 18.5 Å². The summed E-state index contributed by atoms with van der Waals surface area (Å²) < 4.78 is 0. The molecule has 1 aliphatic carbocycles. The summed E-state index contributed by atoms with van der Waals surface area (Å²) >= 11 is 5.78. The van der Waals surface area contributed by atoms with Crippen molar-refractivity contribution in [1.82, 2.24) is 20.5 Å². The van der Waals surface area contributed by atoms with Gasteiger partial charge >= 0.3 is 0 Å². The number of hydrogen-bond donors (Lipinski definition) is 3. The standard InChI is InChI=1S/C12H13ClN4O/c13-8-3-11(14-6-8)12(18)16-9-2-1-7-5-15-17-10(7)4-9/h3,5-6,9,14H,1-2,4H2,(H,15,17)(H,16,18)/t9-/m0/s1. The Hall–Kier alpha value is -1.75. The number of fused-ring (bicyclic) bond motifs is 1. The van der Waals surface area contributed by atoms with Gasteiger partial charge in [-0.15, -0.1) is 0 Å². The van der Waals surface area contributed by atoms with Crippen molar-refractivity contribution in [2.24, 2.45) is 0 Å². The Labute approximate surface area is 109 Å². The largest absolute Gasteiger partial charge is 0.356 e. The highest BCUT2D eigenvalue weighted by Gasteiger charge is 2.22. The number of carbonyl (C=O) groups excluding carboxylic acids is 1. The molecule has 1 aliphatic rings. The summed E-state index contributed by atoms with van der Waals surface area (Å²) in [6.07, 6.45) is 6.15. The van der Waals surface area contributed by atoms with Gasteiger partial charge in [-0.3, -0.25) is 9.89 Å². The van der Waals surface area contributed by atoms with Gasteiger partial charge in [0, 0.05) is 24.4 Å². The normalized spacial score (nSPS) is 18.4. The lowest BCUT2D eigenvalue weighted by atomic mass is 9.94. The van der Waals surface area contributed by atoms with Crippen LogP contribution in [-0.2, 0) is 12.8 Å². The Bertz CT molecular complexity index is 574. The SMILES string of the molecule is O=C(N[C@H]1CCc2cn[nH]c2C1)c1cc(Cl)c[nH]1. The number of nitrogens with zero attached hydrogens (tertiary/aromatic N) is 1. The van der Waals surface area contributed by atoms with Gasteiger partial charge in [0.05, 0.1) is 11.2 Å². The minimum absolute atomic E-state index is 0.116. The van der Waals surface area contributed by atoms with Gasteiger partial charge < -0.3 is 10.3 Å². The van der Waals surface area contributed by atoms with Gasteiger partial charge in [-0.1, -0.05) is 11.6 Å². The van der Waals surface area contributed by atoms with Crippen LogP contribution in [0.3, 0.4) is 0 Å². The zero-order chi connectivity index (χ0) is 12.5. The van der Waals surface area contributed by atoms with Crippen LogP contribution in [0.2, 0.25) is 5.02 Å². The average molecular weight is 265 g/mol. The molecule has 2 heterocycles. The first kappa shape index (κ1) is 11.3. The number of aromatic nitrogens is 3. The molecule has 0 saturated carbocycles.